The van der Waals surface area contributed by atoms with Gasteiger partial charge in [-0.2, -0.15) is 0 Å². The van der Waals surface area contributed by atoms with Crippen LogP contribution in [0, 0.1) is 0 Å². The van der Waals surface area contributed by atoms with Gasteiger partial charge in [0.15, 0.2) is 0 Å². The normalized spacial score (nSPS) is 17.5. The lowest BCUT2D eigenvalue weighted by molar-refractivity contribution is 0.406. The fourth-order valence-corrected chi connectivity index (χ4v) is 1.86. The summed E-state index contributed by atoms with van der Waals surface area (Å²) in [6.07, 6.45) is 2.69. The SMILES string of the molecule is COc1cc(O)c(CC2(N)CC2)cc1Cl. The number of hydrogen-bond acceptors (Lipinski definition) is 3. The molecular weight excluding hydrogens is 214 g/mol. The van der Waals surface area contributed by atoms with E-state index in [4.69, 9.17) is 22.1 Å². The Kier molecular flexibility index (Phi) is 2.52. The second kappa shape index (κ2) is 3.58. The summed E-state index contributed by atoms with van der Waals surface area (Å²) in [5.74, 6) is 0.688. The third-order valence-electron chi connectivity index (χ3n) is 2.79. The zero-order valence-corrected chi connectivity index (χ0v) is 9.34. The van der Waals surface area contributed by atoms with Crippen molar-refractivity contribution in [1.82, 2.24) is 0 Å². The number of rotatable bonds is 3. The second-order valence-corrected chi connectivity index (χ2v) is 4.56. The van der Waals surface area contributed by atoms with Gasteiger partial charge in [0.25, 0.3) is 0 Å². The van der Waals surface area contributed by atoms with Crippen LogP contribution in [0.4, 0.5) is 0 Å². The summed E-state index contributed by atoms with van der Waals surface area (Å²) in [4.78, 5) is 0. The number of halogens is 1. The van der Waals surface area contributed by atoms with E-state index in [-0.39, 0.29) is 11.3 Å². The van der Waals surface area contributed by atoms with Gasteiger partial charge < -0.3 is 15.6 Å². The Balaban J connectivity index is 2.28. The van der Waals surface area contributed by atoms with Crippen LogP contribution in [0.5, 0.6) is 11.5 Å². The van der Waals surface area contributed by atoms with Crippen LogP contribution in [0.1, 0.15) is 18.4 Å². The minimum absolute atomic E-state index is 0.130. The molecule has 0 bridgehead atoms. The first kappa shape index (κ1) is 10.6. The van der Waals surface area contributed by atoms with Crippen LogP contribution in [0.3, 0.4) is 0 Å². The van der Waals surface area contributed by atoms with Crippen molar-refractivity contribution in [2.45, 2.75) is 24.8 Å². The van der Waals surface area contributed by atoms with Crippen LogP contribution in [0.15, 0.2) is 12.1 Å². The number of methoxy groups -OCH3 is 1. The van der Waals surface area contributed by atoms with Gasteiger partial charge in [0.1, 0.15) is 11.5 Å². The Morgan fingerprint density at radius 2 is 2.20 bits per heavy atom. The van der Waals surface area contributed by atoms with E-state index in [2.05, 4.69) is 0 Å². The van der Waals surface area contributed by atoms with Gasteiger partial charge in [-0.15, -0.1) is 0 Å². The number of hydrogen-bond donors (Lipinski definition) is 2. The van der Waals surface area contributed by atoms with Crippen molar-refractivity contribution in [1.29, 1.82) is 0 Å². The van der Waals surface area contributed by atoms with Gasteiger partial charge in [0, 0.05) is 11.6 Å². The van der Waals surface area contributed by atoms with Crippen molar-refractivity contribution in [2.75, 3.05) is 7.11 Å². The summed E-state index contributed by atoms with van der Waals surface area (Å²) < 4.78 is 5.00. The van der Waals surface area contributed by atoms with E-state index in [1.165, 1.54) is 13.2 Å². The summed E-state index contributed by atoms with van der Waals surface area (Å²) in [6.45, 7) is 0. The largest absolute Gasteiger partial charge is 0.508 e. The third kappa shape index (κ3) is 2.19. The number of benzene rings is 1. The molecule has 1 aromatic rings. The average molecular weight is 228 g/mol. The molecule has 0 heterocycles. The highest BCUT2D eigenvalue weighted by Gasteiger charge is 2.38. The first-order valence-electron chi connectivity index (χ1n) is 4.88. The maximum Gasteiger partial charge on any atom is 0.141 e. The molecule has 2 rings (SSSR count). The highest BCUT2D eigenvalue weighted by molar-refractivity contribution is 6.32. The van der Waals surface area contributed by atoms with Gasteiger partial charge in [-0.25, -0.2) is 0 Å². The highest BCUT2D eigenvalue weighted by atomic mass is 35.5. The Hall–Kier alpha value is -0.930. The molecule has 1 aliphatic carbocycles. The molecule has 0 amide bonds. The van der Waals surface area contributed by atoms with Crippen LogP contribution in [0.2, 0.25) is 5.02 Å². The maximum atomic E-state index is 9.74. The smallest absolute Gasteiger partial charge is 0.141 e. The molecule has 0 saturated heterocycles. The maximum absolute atomic E-state index is 9.74. The average Bonchev–Trinajstić information content (AvgIpc) is 2.89. The van der Waals surface area contributed by atoms with Crippen LogP contribution in [0.25, 0.3) is 0 Å². The van der Waals surface area contributed by atoms with E-state index in [0.29, 0.717) is 17.2 Å². The number of aromatic hydroxyl groups is 1. The minimum Gasteiger partial charge on any atom is -0.508 e. The molecule has 3 N–H and O–H groups in total. The van der Waals surface area contributed by atoms with Crippen molar-refractivity contribution in [3.05, 3.63) is 22.7 Å². The van der Waals surface area contributed by atoms with Crippen molar-refractivity contribution >= 4 is 11.6 Å². The molecule has 1 saturated carbocycles. The molecule has 0 aromatic heterocycles. The lowest BCUT2D eigenvalue weighted by Gasteiger charge is -2.12. The molecule has 82 valence electrons. The fourth-order valence-electron chi connectivity index (χ4n) is 1.60. The molecule has 0 radical (unpaired) electrons. The summed E-state index contributed by atoms with van der Waals surface area (Å²) in [5, 5.41) is 10.3. The Labute approximate surface area is 93.8 Å². The molecule has 4 heteroatoms. The highest BCUT2D eigenvalue weighted by Crippen LogP contribution is 2.40. The van der Waals surface area contributed by atoms with Crippen LogP contribution in [-0.4, -0.2) is 17.8 Å². The summed E-state index contributed by atoms with van der Waals surface area (Å²) >= 11 is 5.97. The molecule has 0 atom stereocenters. The van der Waals surface area contributed by atoms with E-state index in [1.807, 2.05) is 0 Å². The van der Waals surface area contributed by atoms with Crippen molar-refractivity contribution in [3.8, 4) is 11.5 Å². The van der Waals surface area contributed by atoms with Gasteiger partial charge >= 0.3 is 0 Å². The van der Waals surface area contributed by atoms with Crippen LogP contribution < -0.4 is 10.5 Å². The third-order valence-corrected chi connectivity index (χ3v) is 3.08. The fraction of sp³-hybridized carbons (Fsp3) is 0.455. The quantitative estimate of drug-likeness (QED) is 0.832. The number of nitrogens with two attached hydrogens (primary N) is 1. The molecule has 0 unspecified atom stereocenters. The molecule has 3 nitrogen and oxygen atoms in total. The summed E-state index contributed by atoms with van der Waals surface area (Å²) in [7, 11) is 1.52. The Morgan fingerprint density at radius 1 is 1.53 bits per heavy atom. The summed E-state index contributed by atoms with van der Waals surface area (Å²) in [6, 6.07) is 3.26. The molecule has 15 heavy (non-hydrogen) atoms. The molecule has 1 aliphatic rings. The standard InChI is InChI=1S/C11H14ClNO2/c1-15-10-5-9(14)7(4-8(10)12)6-11(13)2-3-11/h4-5,14H,2-3,6,13H2,1H3. The summed E-state index contributed by atoms with van der Waals surface area (Å²) in [5.41, 5.74) is 6.65. The zero-order valence-electron chi connectivity index (χ0n) is 8.59. The zero-order chi connectivity index (χ0) is 11.1. The number of ether oxygens (including phenoxy) is 1. The minimum atomic E-state index is -0.130. The predicted octanol–water partition coefficient (Wildman–Crippen LogP) is 2.09. The number of phenols is 1. The van der Waals surface area contributed by atoms with Gasteiger partial charge in [-0.1, -0.05) is 11.6 Å². The van der Waals surface area contributed by atoms with E-state index >= 15 is 0 Å². The van der Waals surface area contributed by atoms with Crippen LogP contribution in [-0.2, 0) is 6.42 Å². The predicted molar refractivity (Wildman–Crippen MR) is 59.5 cm³/mol. The molecule has 0 aliphatic heterocycles. The van der Waals surface area contributed by atoms with E-state index < -0.39 is 0 Å². The first-order chi connectivity index (χ1) is 7.04. The molecule has 0 spiro atoms. The van der Waals surface area contributed by atoms with E-state index in [9.17, 15) is 5.11 Å². The molecule has 1 fully saturated rings. The van der Waals surface area contributed by atoms with Gasteiger partial charge in [-0.3, -0.25) is 0 Å². The number of phenolic OH excluding ortho intramolecular Hbond substituents is 1. The van der Waals surface area contributed by atoms with E-state index in [1.54, 1.807) is 6.07 Å². The Bertz CT molecular complexity index is 388. The van der Waals surface area contributed by atoms with Gasteiger partial charge in [-0.05, 0) is 30.9 Å². The molecule has 1 aromatic carbocycles. The first-order valence-corrected chi connectivity index (χ1v) is 5.26. The van der Waals surface area contributed by atoms with E-state index in [0.717, 1.165) is 18.4 Å². The monoisotopic (exact) mass is 227 g/mol. The van der Waals surface area contributed by atoms with Gasteiger partial charge in [0.05, 0.1) is 12.1 Å². The van der Waals surface area contributed by atoms with Crippen molar-refractivity contribution < 1.29 is 9.84 Å². The topological polar surface area (TPSA) is 55.5 Å². The Morgan fingerprint density at radius 3 is 2.73 bits per heavy atom. The second-order valence-electron chi connectivity index (χ2n) is 4.15. The lowest BCUT2D eigenvalue weighted by atomic mass is 10.0. The molecular formula is C11H14ClNO2. The van der Waals surface area contributed by atoms with Crippen molar-refractivity contribution in [3.63, 3.8) is 0 Å². The van der Waals surface area contributed by atoms with Crippen molar-refractivity contribution in [2.24, 2.45) is 5.73 Å². The van der Waals surface area contributed by atoms with Gasteiger partial charge in [0.2, 0.25) is 0 Å². The van der Waals surface area contributed by atoms with Crippen LogP contribution >= 0.6 is 11.6 Å². The lowest BCUT2D eigenvalue weighted by Crippen LogP contribution is -2.24.